The van der Waals surface area contributed by atoms with Crippen LogP contribution >= 0.6 is 0 Å². The molecule has 4 nitrogen and oxygen atoms in total. The van der Waals surface area contributed by atoms with E-state index in [9.17, 15) is 5.11 Å². The number of aromatic hydroxyl groups is 1. The van der Waals surface area contributed by atoms with Crippen molar-refractivity contribution >= 4 is 0 Å². The van der Waals surface area contributed by atoms with Crippen molar-refractivity contribution in [2.45, 2.75) is 19.6 Å². The van der Waals surface area contributed by atoms with Crippen LogP contribution in [0, 0.1) is 0 Å². The van der Waals surface area contributed by atoms with Gasteiger partial charge in [0.25, 0.3) is 0 Å². The van der Waals surface area contributed by atoms with Gasteiger partial charge in [0, 0.05) is 25.2 Å². The molecule has 0 aromatic heterocycles. The maximum Gasteiger partial charge on any atom is 0.120 e. The van der Waals surface area contributed by atoms with Gasteiger partial charge in [-0.25, -0.2) is 0 Å². The van der Waals surface area contributed by atoms with Gasteiger partial charge in [-0.3, -0.25) is 4.90 Å². The number of benzene rings is 1. The van der Waals surface area contributed by atoms with Gasteiger partial charge >= 0.3 is 0 Å². The van der Waals surface area contributed by atoms with E-state index in [1.165, 1.54) is 0 Å². The first-order chi connectivity index (χ1) is 8.19. The van der Waals surface area contributed by atoms with Gasteiger partial charge in [-0.2, -0.15) is 0 Å². The molecule has 1 unspecified atom stereocenters. The lowest BCUT2D eigenvalue weighted by molar-refractivity contribution is -0.0214. The van der Waals surface area contributed by atoms with Crippen LogP contribution in [-0.4, -0.2) is 42.9 Å². The molecule has 1 aromatic carbocycles. The number of nitrogens with zero attached hydrogens (tertiary/aromatic N) is 1. The Hall–Kier alpha value is -1.26. The number of hydrogen-bond donors (Lipinski definition) is 1. The lowest BCUT2D eigenvalue weighted by Gasteiger charge is -2.31. The molecule has 0 spiro atoms. The quantitative estimate of drug-likeness (QED) is 0.867. The molecule has 1 aliphatic rings. The number of hydrogen-bond acceptors (Lipinski definition) is 4. The van der Waals surface area contributed by atoms with Crippen molar-refractivity contribution in [2.24, 2.45) is 0 Å². The molecule has 2 rings (SSSR count). The molecule has 94 valence electrons. The monoisotopic (exact) mass is 237 g/mol. The predicted molar refractivity (Wildman–Crippen MR) is 65.3 cm³/mol. The van der Waals surface area contributed by atoms with Crippen LogP contribution < -0.4 is 4.74 Å². The molecule has 4 heteroatoms. The highest BCUT2D eigenvalue weighted by molar-refractivity contribution is 5.39. The summed E-state index contributed by atoms with van der Waals surface area (Å²) < 4.78 is 10.7. The second kappa shape index (κ2) is 5.38. The SMILES string of the molecule is COc1ccc(O)c(CN2CCOC(C)C2)c1. The summed E-state index contributed by atoms with van der Waals surface area (Å²) in [5.41, 5.74) is 0.901. The van der Waals surface area contributed by atoms with Gasteiger partial charge in [-0.05, 0) is 25.1 Å². The third-order valence-electron chi connectivity index (χ3n) is 3.01. The van der Waals surface area contributed by atoms with Crippen molar-refractivity contribution in [1.82, 2.24) is 4.90 Å². The molecule has 0 amide bonds. The fourth-order valence-electron chi connectivity index (χ4n) is 2.09. The summed E-state index contributed by atoms with van der Waals surface area (Å²) in [6, 6.07) is 5.33. The first-order valence-corrected chi connectivity index (χ1v) is 5.89. The zero-order valence-corrected chi connectivity index (χ0v) is 10.3. The summed E-state index contributed by atoms with van der Waals surface area (Å²) in [4.78, 5) is 2.28. The Kier molecular flexibility index (Phi) is 3.86. The molecule has 1 aliphatic heterocycles. The Morgan fingerprint density at radius 3 is 3.06 bits per heavy atom. The zero-order chi connectivity index (χ0) is 12.3. The van der Waals surface area contributed by atoms with Gasteiger partial charge < -0.3 is 14.6 Å². The van der Waals surface area contributed by atoms with E-state index in [1.54, 1.807) is 19.2 Å². The Bertz CT molecular complexity index is 381. The summed E-state index contributed by atoms with van der Waals surface area (Å²) in [6.45, 7) is 5.36. The number of phenolic OH excluding ortho intramolecular Hbond substituents is 1. The van der Waals surface area contributed by atoms with Crippen LogP contribution in [-0.2, 0) is 11.3 Å². The maximum absolute atomic E-state index is 9.81. The molecule has 0 aliphatic carbocycles. The van der Waals surface area contributed by atoms with Crippen LogP contribution in [0.5, 0.6) is 11.5 Å². The van der Waals surface area contributed by atoms with Gasteiger partial charge in [-0.15, -0.1) is 0 Å². The summed E-state index contributed by atoms with van der Waals surface area (Å²) in [7, 11) is 1.63. The first kappa shape index (κ1) is 12.2. The minimum absolute atomic E-state index is 0.261. The Morgan fingerprint density at radius 1 is 1.53 bits per heavy atom. The Balaban J connectivity index is 2.06. The number of methoxy groups -OCH3 is 1. The zero-order valence-electron chi connectivity index (χ0n) is 10.3. The topological polar surface area (TPSA) is 41.9 Å². The molecule has 0 saturated carbocycles. The van der Waals surface area contributed by atoms with Crippen molar-refractivity contribution in [3.63, 3.8) is 0 Å². The molecular weight excluding hydrogens is 218 g/mol. The second-order valence-electron chi connectivity index (χ2n) is 4.41. The number of phenols is 1. The summed E-state index contributed by atoms with van der Waals surface area (Å²) >= 11 is 0. The third kappa shape index (κ3) is 3.11. The number of rotatable bonds is 3. The van der Waals surface area contributed by atoms with Crippen molar-refractivity contribution in [2.75, 3.05) is 26.8 Å². The second-order valence-corrected chi connectivity index (χ2v) is 4.41. The van der Waals surface area contributed by atoms with Gasteiger partial charge in [0.1, 0.15) is 11.5 Å². The maximum atomic E-state index is 9.81. The highest BCUT2D eigenvalue weighted by atomic mass is 16.5. The van der Waals surface area contributed by atoms with Crippen LogP contribution in [0.25, 0.3) is 0 Å². The van der Waals surface area contributed by atoms with E-state index in [1.807, 2.05) is 6.07 Å². The van der Waals surface area contributed by atoms with Crippen molar-refractivity contribution in [3.8, 4) is 11.5 Å². The van der Waals surface area contributed by atoms with Gasteiger partial charge in [0.15, 0.2) is 0 Å². The van der Waals surface area contributed by atoms with Crippen molar-refractivity contribution < 1.29 is 14.6 Å². The molecule has 1 heterocycles. The predicted octanol–water partition coefficient (Wildman–Crippen LogP) is 1.62. The molecule has 17 heavy (non-hydrogen) atoms. The largest absolute Gasteiger partial charge is 0.508 e. The fourth-order valence-corrected chi connectivity index (χ4v) is 2.09. The lowest BCUT2D eigenvalue weighted by Crippen LogP contribution is -2.40. The molecule has 1 atom stereocenters. The normalized spacial score (nSPS) is 21.4. The minimum atomic E-state index is 0.261. The molecular formula is C13H19NO3. The smallest absolute Gasteiger partial charge is 0.120 e. The molecule has 1 saturated heterocycles. The van der Waals surface area contributed by atoms with E-state index in [0.29, 0.717) is 5.75 Å². The number of morpholine rings is 1. The average molecular weight is 237 g/mol. The van der Waals surface area contributed by atoms with Gasteiger partial charge in [0.05, 0.1) is 19.8 Å². The van der Waals surface area contributed by atoms with Crippen LogP contribution in [0.1, 0.15) is 12.5 Å². The molecule has 0 radical (unpaired) electrons. The highest BCUT2D eigenvalue weighted by Gasteiger charge is 2.17. The van der Waals surface area contributed by atoms with E-state index >= 15 is 0 Å². The van der Waals surface area contributed by atoms with Crippen LogP contribution in [0.3, 0.4) is 0 Å². The highest BCUT2D eigenvalue weighted by Crippen LogP contribution is 2.24. The first-order valence-electron chi connectivity index (χ1n) is 5.89. The molecule has 1 N–H and O–H groups in total. The molecule has 0 bridgehead atoms. The van der Waals surface area contributed by atoms with Crippen LogP contribution in [0.15, 0.2) is 18.2 Å². The summed E-state index contributed by atoms with van der Waals surface area (Å²) in [5, 5.41) is 9.81. The van der Waals surface area contributed by atoms with E-state index < -0.39 is 0 Å². The van der Waals surface area contributed by atoms with Crippen molar-refractivity contribution in [1.29, 1.82) is 0 Å². The number of ether oxygens (including phenoxy) is 2. The van der Waals surface area contributed by atoms with E-state index in [2.05, 4.69) is 11.8 Å². The third-order valence-corrected chi connectivity index (χ3v) is 3.01. The van der Waals surface area contributed by atoms with Gasteiger partial charge in [0.2, 0.25) is 0 Å². The average Bonchev–Trinajstić information content (AvgIpc) is 2.32. The van der Waals surface area contributed by atoms with Crippen molar-refractivity contribution in [3.05, 3.63) is 23.8 Å². The van der Waals surface area contributed by atoms with Crippen LogP contribution in [0.4, 0.5) is 0 Å². The standard InChI is InChI=1S/C13H19NO3/c1-10-8-14(5-6-17-10)9-11-7-12(16-2)3-4-13(11)15/h3-4,7,10,15H,5-6,8-9H2,1-2H3. The van der Waals surface area contributed by atoms with E-state index in [-0.39, 0.29) is 6.10 Å². The minimum Gasteiger partial charge on any atom is -0.508 e. The molecule has 1 aromatic rings. The summed E-state index contributed by atoms with van der Waals surface area (Å²) in [6.07, 6.45) is 0.261. The lowest BCUT2D eigenvalue weighted by atomic mass is 10.1. The fraction of sp³-hybridized carbons (Fsp3) is 0.538. The van der Waals surface area contributed by atoms with E-state index in [0.717, 1.165) is 37.6 Å². The summed E-state index contributed by atoms with van der Waals surface area (Å²) in [5.74, 6) is 1.10. The Morgan fingerprint density at radius 2 is 2.35 bits per heavy atom. The van der Waals surface area contributed by atoms with Crippen LogP contribution in [0.2, 0.25) is 0 Å². The van der Waals surface area contributed by atoms with Gasteiger partial charge in [-0.1, -0.05) is 0 Å². The molecule has 1 fully saturated rings. The van der Waals surface area contributed by atoms with E-state index in [4.69, 9.17) is 9.47 Å². The Labute approximate surface area is 102 Å².